The minimum atomic E-state index is -0.279. The summed E-state index contributed by atoms with van der Waals surface area (Å²) in [6.07, 6.45) is 5.34. The van der Waals surface area contributed by atoms with Crippen LogP contribution in [-0.2, 0) is 6.42 Å². The van der Waals surface area contributed by atoms with Gasteiger partial charge in [0.05, 0.1) is 6.33 Å². The maximum absolute atomic E-state index is 12.0. The Morgan fingerprint density at radius 3 is 3.09 bits per heavy atom. The highest BCUT2D eigenvalue weighted by atomic mass is 16.3. The molecule has 22 heavy (non-hydrogen) atoms. The van der Waals surface area contributed by atoms with Crippen LogP contribution in [0, 0.1) is 0 Å². The first-order valence-electron chi connectivity index (χ1n) is 6.79. The average Bonchev–Trinajstić information content (AvgIpc) is 3.19. The summed E-state index contributed by atoms with van der Waals surface area (Å²) in [5.74, 6) is 0.0874. The summed E-state index contributed by atoms with van der Waals surface area (Å²) in [6.45, 7) is 0.488. The minimum absolute atomic E-state index is 0.238. The molecule has 0 saturated carbocycles. The van der Waals surface area contributed by atoms with Gasteiger partial charge in [-0.15, -0.1) is 0 Å². The van der Waals surface area contributed by atoms with E-state index in [0.29, 0.717) is 24.5 Å². The topological polar surface area (TPSA) is 110 Å². The second-order valence-electron chi connectivity index (χ2n) is 4.75. The Balaban J connectivity index is 1.62. The third-order valence-electron chi connectivity index (χ3n) is 3.11. The number of nitrogens with zero attached hydrogens (tertiary/aromatic N) is 2. The molecule has 2 heterocycles. The van der Waals surface area contributed by atoms with Crippen LogP contribution in [-0.4, -0.2) is 27.4 Å². The standard InChI is InChI=1S/C15H15N5O2/c16-11-3-1-2-10(6-11)15-20-13(8-22-15)14(21)18-5-4-12-7-17-9-19-12/h1-3,6-9H,4-5,16H2,(H,17,19)(H,18,21). The molecule has 0 unspecified atom stereocenters. The predicted octanol–water partition coefficient (Wildman–Crippen LogP) is 1.62. The van der Waals surface area contributed by atoms with E-state index in [9.17, 15) is 4.79 Å². The molecule has 0 atom stereocenters. The van der Waals surface area contributed by atoms with Crippen molar-refractivity contribution in [3.05, 3.63) is 54.4 Å². The largest absolute Gasteiger partial charge is 0.444 e. The van der Waals surface area contributed by atoms with Crippen LogP contribution in [0.2, 0.25) is 0 Å². The number of nitrogens with two attached hydrogens (primary N) is 1. The first-order valence-corrected chi connectivity index (χ1v) is 6.79. The Bertz CT molecular complexity index is 764. The molecule has 3 rings (SSSR count). The summed E-state index contributed by atoms with van der Waals surface area (Å²) in [4.78, 5) is 23.1. The summed E-state index contributed by atoms with van der Waals surface area (Å²) in [6, 6.07) is 7.14. The lowest BCUT2D eigenvalue weighted by Crippen LogP contribution is -2.26. The lowest BCUT2D eigenvalue weighted by molar-refractivity contribution is 0.0949. The van der Waals surface area contributed by atoms with E-state index in [1.54, 1.807) is 30.7 Å². The Morgan fingerprint density at radius 2 is 2.32 bits per heavy atom. The molecule has 1 amide bonds. The predicted molar refractivity (Wildman–Crippen MR) is 81.0 cm³/mol. The zero-order valence-corrected chi connectivity index (χ0v) is 11.7. The van der Waals surface area contributed by atoms with Gasteiger partial charge in [0.25, 0.3) is 5.91 Å². The maximum Gasteiger partial charge on any atom is 0.273 e. The molecule has 0 aliphatic rings. The maximum atomic E-state index is 12.0. The van der Waals surface area contributed by atoms with Gasteiger partial charge in [-0.1, -0.05) is 6.07 Å². The number of benzene rings is 1. The number of H-pyrrole nitrogens is 1. The van der Waals surface area contributed by atoms with Crippen molar-refractivity contribution in [1.29, 1.82) is 0 Å². The molecule has 0 spiro atoms. The van der Waals surface area contributed by atoms with Crippen molar-refractivity contribution < 1.29 is 9.21 Å². The first kappa shape index (κ1) is 13.9. The summed E-state index contributed by atoms with van der Waals surface area (Å²) >= 11 is 0. The van der Waals surface area contributed by atoms with Gasteiger partial charge < -0.3 is 20.5 Å². The van der Waals surface area contributed by atoms with Crippen LogP contribution >= 0.6 is 0 Å². The number of amides is 1. The Kier molecular flexibility index (Phi) is 3.86. The Morgan fingerprint density at radius 1 is 1.41 bits per heavy atom. The number of imidazole rings is 1. The van der Waals surface area contributed by atoms with E-state index in [0.717, 1.165) is 11.3 Å². The summed E-state index contributed by atoms with van der Waals surface area (Å²) in [7, 11) is 0. The molecule has 3 aromatic rings. The first-order chi connectivity index (χ1) is 10.7. The van der Waals surface area contributed by atoms with Crippen molar-refractivity contribution in [2.24, 2.45) is 0 Å². The van der Waals surface area contributed by atoms with Crippen LogP contribution in [0.25, 0.3) is 11.5 Å². The molecule has 0 aliphatic heterocycles. The van der Waals surface area contributed by atoms with E-state index in [4.69, 9.17) is 10.2 Å². The van der Waals surface area contributed by atoms with Crippen molar-refractivity contribution in [2.45, 2.75) is 6.42 Å². The number of carbonyl (C=O) groups is 1. The van der Waals surface area contributed by atoms with Gasteiger partial charge in [-0.3, -0.25) is 4.79 Å². The fourth-order valence-corrected chi connectivity index (χ4v) is 2.00. The molecule has 7 nitrogen and oxygen atoms in total. The molecule has 1 aromatic carbocycles. The number of aromatic amines is 1. The zero-order valence-electron chi connectivity index (χ0n) is 11.7. The molecule has 0 fully saturated rings. The van der Waals surface area contributed by atoms with E-state index < -0.39 is 0 Å². The summed E-state index contributed by atoms with van der Waals surface area (Å²) < 4.78 is 5.34. The lowest BCUT2D eigenvalue weighted by atomic mass is 10.2. The van der Waals surface area contributed by atoms with Crippen LogP contribution < -0.4 is 11.1 Å². The van der Waals surface area contributed by atoms with Crippen molar-refractivity contribution in [2.75, 3.05) is 12.3 Å². The average molecular weight is 297 g/mol. The van der Waals surface area contributed by atoms with Crippen LogP contribution in [0.5, 0.6) is 0 Å². The van der Waals surface area contributed by atoms with Gasteiger partial charge in [-0.25, -0.2) is 9.97 Å². The van der Waals surface area contributed by atoms with Crippen LogP contribution in [0.3, 0.4) is 0 Å². The number of aromatic nitrogens is 3. The highest BCUT2D eigenvalue weighted by Crippen LogP contribution is 2.20. The van der Waals surface area contributed by atoms with Gasteiger partial charge in [-0.05, 0) is 18.2 Å². The van der Waals surface area contributed by atoms with E-state index in [2.05, 4.69) is 20.3 Å². The minimum Gasteiger partial charge on any atom is -0.444 e. The monoisotopic (exact) mass is 297 g/mol. The molecular formula is C15H15N5O2. The molecule has 2 aromatic heterocycles. The van der Waals surface area contributed by atoms with Gasteiger partial charge in [0.15, 0.2) is 5.69 Å². The molecule has 4 N–H and O–H groups in total. The second-order valence-corrected chi connectivity index (χ2v) is 4.75. The van der Waals surface area contributed by atoms with Gasteiger partial charge in [0, 0.05) is 36.1 Å². The third kappa shape index (κ3) is 3.14. The number of nitrogen functional groups attached to an aromatic ring is 1. The summed E-state index contributed by atoms with van der Waals surface area (Å²) in [5.41, 5.74) is 8.26. The quantitative estimate of drug-likeness (QED) is 0.620. The lowest BCUT2D eigenvalue weighted by Gasteiger charge is -2.00. The molecule has 0 bridgehead atoms. The van der Waals surface area contributed by atoms with Crippen molar-refractivity contribution in [3.8, 4) is 11.5 Å². The number of rotatable bonds is 5. The molecule has 112 valence electrons. The van der Waals surface area contributed by atoms with Gasteiger partial charge in [0.2, 0.25) is 5.89 Å². The van der Waals surface area contributed by atoms with E-state index >= 15 is 0 Å². The van der Waals surface area contributed by atoms with E-state index in [1.807, 2.05) is 6.07 Å². The molecule has 7 heteroatoms. The number of carbonyl (C=O) groups excluding carboxylic acids is 1. The van der Waals surface area contributed by atoms with E-state index in [-0.39, 0.29) is 11.6 Å². The molecule has 0 radical (unpaired) electrons. The fourth-order valence-electron chi connectivity index (χ4n) is 2.00. The fraction of sp³-hybridized carbons (Fsp3) is 0.133. The van der Waals surface area contributed by atoms with Crippen molar-refractivity contribution >= 4 is 11.6 Å². The highest BCUT2D eigenvalue weighted by molar-refractivity contribution is 5.92. The SMILES string of the molecule is Nc1cccc(-c2nc(C(=O)NCCc3cnc[nH]3)co2)c1. The van der Waals surface area contributed by atoms with Crippen LogP contribution in [0.1, 0.15) is 16.2 Å². The Labute approximate surface area is 126 Å². The number of hydrogen-bond acceptors (Lipinski definition) is 5. The van der Waals surface area contributed by atoms with Gasteiger partial charge >= 0.3 is 0 Å². The molecular weight excluding hydrogens is 282 g/mol. The van der Waals surface area contributed by atoms with Crippen LogP contribution in [0.15, 0.2) is 47.5 Å². The van der Waals surface area contributed by atoms with E-state index in [1.165, 1.54) is 6.26 Å². The Hall–Kier alpha value is -3.09. The molecule has 0 aliphatic carbocycles. The number of anilines is 1. The van der Waals surface area contributed by atoms with Crippen LogP contribution in [0.4, 0.5) is 5.69 Å². The number of hydrogen-bond donors (Lipinski definition) is 3. The van der Waals surface area contributed by atoms with Crippen molar-refractivity contribution in [3.63, 3.8) is 0 Å². The molecule has 0 saturated heterocycles. The summed E-state index contributed by atoms with van der Waals surface area (Å²) in [5, 5.41) is 2.78. The number of oxazole rings is 1. The zero-order chi connectivity index (χ0) is 15.4. The number of nitrogens with one attached hydrogen (secondary N) is 2. The third-order valence-corrected chi connectivity index (χ3v) is 3.11. The smallest absolute Gasteiger partial charge is 0.273 e. The highest BCUT2D eigenvalue weighted by Gasteiger charge is 2.13. The van der Waals surface area contributed by atoms with Gasteiger partial charge in [-0.2, -0.15) is 0 Å². The van der Waals surface area contributed by atoms with Gasteiger partial charge in [0.1, 0.15) is 6.26 Å². The second kappa shape index (κ2) is 6.13. The normalized spacial score (nSPS) is 10.5. The van der Waals surface area contributed by atoms with Crippen molar-refractivity contribution in [1.82, 2.24) is 20.3 Å².